The van der Waals surface area contributed by atoms with E-state index in [1.807, 2.05) is 42.3 Å². The van der Waals surface area contributed by atoms with E-state index in [1.165, 1.54) is 24.0 Å². The molecule has 2 atom stereocenters. The monoisotopic (exact) mass is 444 g/mol. The largest absolute Gasteiger partial charge is 0.497 e. The second-order valence-electron chi connectivity index (χ2n) is 8.35. The van der Waals surface area contributed by atoms with E-state index in [4.69, 9.17) is 9.47 Å². The second kappa shape index (κ2) is 10.4. The highest BCUT2D eigenvalue weighted by Crippen LogP contribution is 2.41. The van der Waals surface area contributed by atoms with Gasteiger partial charge in [0.2, 0.25) is 5.91 Å². The number of carbonyl (C=O) groups excluding carboxylic acids is 1. The fraction of sp³-hybridized carbons (Fsp3) is 0.480. The van der Waals surface area contributed by atoms with Crippen LogP contribution >= 0.6 is 12.4 Å². The van der Waals surface area contributed by atoms with Crippen LogP contribution in [0.2, 0.25) is 0 Å². The Morgan fingerprint density at radius 3 is 2.42 bits per heavy atom. The van der Waals surface area contributed by atoms with Crippen molar-refractivity contribution in [2.24, 2.45) is 0 Å². The maximum Gasteiger partial charge on any atom is 0.227 e. The van der Waals surface area contributed by atoms with Gasteiger partial charge in [0.25, 0.3) is 0 Å². The first-order valence-corrected chi connectivity index (χ1v) is 10.9. The number of rotatable bonds is 6. The maximum atomic E-state index is 13.3. The Labute approximate surface area is 191 Å². The summed E-state index contributed by atoms with van der Waals surface area (Å²) in [5.41, 5.74) is 3.50. The van der Waals surface area contributed by atoms with Gasteiger partial charge in [-0.25, -0.2) is 0 Å². The minimum atomic E-state index is 0. The first-order chi connectivity index (χ1) is 14.6. The van der Waals surface area contributed by atoms with E-state index in [-0.39, 0.29) is 24.4 Å². The zero-order valence-corrected chi connectivity index (χ0v) is 19.5. The van der Waals surface area contributed by atoms with E-state index in [1.54, 1.807) is 14.2 Å². The zero-order valence-electron chi connectivity index (χ0n) is 18.7. The van der Waals surface area contributed by atoms with Gasteiger partial charge < -0.3 is 14.4 Å². The van der Waals surface area contributed by atoms with Crippen molar-refractivity contribution in [3.05, 3.63) is 59.2 Å². The number of carbonyl (C=O) groups is 1. The van der Waals surface area contributed by atoms with Gasteiger partial charge in [-0.2, -0.15) is 0 Å². The van der Waals surface area contributed by atoms with Crippen LogP contribution in [0.25, 0.3) is 0 Å². The van der Waals surface area contributed by atoms with Crippen LogP contribution in [0.15, 0.2) is 42.5 Å². The van der Waals surface area contributed by atoms with Crippen molar-refractivity contribution in [3.8, 4) is 11.5 Å². The van der Waals surface area contributed by atoms with Crippen molar-refractivity contribution < 1.29 is 14.3 Å². The van der Waals surface area contributed by atoms with Gasteiger partial charge in [-0.15, -0.1) is 12.4 Å². The van der Waals surface area contributed by atoms with Crippen molar-refractivity contribution in [1.82, 2.24) is 9.80 Å². The van der Waals surface area contributed by atoms with Crippen LogP contribution < -0.4 is 9.47 Å². The van der Waals surface area contributed by atoms with Gasteiger partial charge >= 0.3 is 0 Å². The van der Waals surface area contributed by atoms with Gasteiger partial charge in [0, 0.05) is 13.1 Å². The lowest BCUT2D eigenvalue weighted by molar-refractivity contribution is -0.133. The number of hydrogen-bond donors (Lipinski definition) is 0. The molecule has 1 aliphatic carbocycles. The summed E-state index contributed by atoms with van der Waals surface area (Å²) in [4.78, 5) is 17.9. The standard InChI is InChI=1S/C25H32N2O3.ClH/c1-26(24(28)17-18-9-11-19(29-2)12-10-18)25-21-7-6-8-23(30-3)20(21)13-14-22(25)27-15-4-5-16-27;/h6-12,22,25H,4-5,13-17H2,1-3H3;1H/t22-,25-;/m0./s1. The molecular formula is C25H33ClN2O3. The average Bonchev–Trinajstić information content (AvgIpc) is 3.32. The van der Waals surface area contributed by atoms with Gasteiger partial charge in [0.1, 0.15) is 11.5 Å². The van der Waals surface area contributed by atoms with E-state index in [9.17, 15) is 4.79 Å². The fourth-order valence-electron chi connectivity index (χ4n) is 5.10. The SMILES string of the molecule is COc1ccc(CC(=O)N(C)[C@H]2c3cccc(OC)c3CC[C@@H]2N2CCCC2)cc1.Cl. The topological polar surface area (TPSA) is 42.0 Å². The summed E-state index contributed by atoms with van der Waals surface area (Å²) >= 11 is 0. The molecule has 0 aromatic heterocycles. The van der Waals surface area contributed by atoms with Crippen molar-refractivity contribution in [2.75, 3.05) is 34.4 Å². The third-order valence-corrected chi connectivity index (χ3v) is 6.70. The van der Waals surface area contributed by atoms with Crippen LogP contribution in [-0.2, 0) is 17.6 Å². The molecule has 1 saturated heterocycles. The Bertz CT molecular complexity index is 881. The van der Waals surface area contributed by atoms with Crippen LogP contribution in [-0.4, -0.2) is 56.1 Å². The van der Waals surface area contributed by atoms with Crippen LogP contribution in [0, 0.1) is 0 Å². The normalized spacial score (nSPS) is 20.5. The lowest BCUT2D eigenvalue weighted by Crippen LogP contribution is -2.48. The molecule has 1 amide bonds. The zero-order chi connectivity index (χ0) is 21.1. The number of hydrogen-bond acceptors (Lipinski definition) is 4. The number of benzene rings is 2. The molecule has 2 aliphatic rings. The number of fused-ring (bicyclic) bond motifs is 1. The molecule has 0 spiro atoms. The molecule has 1 aliphatic heterocycles. The smallest absolute Gasteiger partial charge is 0.227 e. The predicted molar refractivity (Wildman–Crippen MR) is 125 cm³/mol. The van der Waals surface area contributed by atoms with Crippen LogP contribution in [0.4, 0.5) is 0 Å². The number of amides is 1. The Hall–Kier alpha value is -2.24. The molecule has 6 heteroatoms. The molecule has 168 valence electrons. The third kappa shape index (κ3) is 4.83. The molecule has 0 N–H and O–H groups in total. The molecule has 31 heavy (non-hydrogen) atoms. The fourth-order valence-corrected chi connectivity index (χ4v) is 5.10. The van der Waals surface area contributed by atoms with E-state index in [0.29, 0.717) is 12.5 Å². The Kier molecular flexibility index (Phi) is 7.84. The molecule has 4 rings (SSSR count). The van der Waals surface area contributed by atoms with Gasteiger partial charge in [-0.1, -0.05) is 24.3 Å². The maximum absolute atomic E-state index is 13.3. The molecule has 0 saturated carbocycles. The summed E-state index contributed by atoms with van der Waals surface area (Å²) in [7, 11) is 5.35. The van der Waals surface area contributed by atoms with E-state index in [2.05, 4.69) is 17.0 Å². The molecular weight excluding hydrogens is 412 g/mol. The van der Waals surface area contributed by atoms with Crippen molar-refractivity contribution in [2.45, 2.75) is 44.2 Å². The van der Waals surface area contributed by atoms with E-state index >= 15 is 0 Å². The summed E-state index contributed by atoms with van der Waals surface area (Å²) in [5, 5.41) is 0. The van der Waals surface area contributed by atoms with Gasteiger partial charge in [0.05, 0.1) is 26.7 Å². The highest BCUT2D eigenvalue weighted by atomic mass is 35.5. The van der Waals surface area contributed by atoms with Crippen LogP contribution in [0.3, 0.4) is 0 Å². The number of ether oxygens (including phenoxy) is 2. The average molecular weight is 445 g/mol. The predicted octanol–water partition coefficient (Wildman–Crippen LogP) is 4.28. The minimum Gasteiger partial charge on any atom is -0.497 e. The van der Waals surface area contributed by atoms with Crippen LogP contribution in [0.1, 0.15) is 42.0 Å². The van der Waals surface area contributed by atoms with Gasteiger partial charge in [-0.3, -0.25) is 9.69 Å². The van der Waals surface area contributed by atoms with E-state index < -0.39 is 0 Å². The van der Waals surface area contributed by atoms with E-state index in [0.717, 1.165) is 43.0 Å². The Morgan fingerprint density at radius 1 is 1.06 bits per heavy atom. The number of methoxy groups -OCH3 is 2. The van der Waals surface area contributed by atoms with Crippen molar-refractivity contribution >= 4 is 18.3 Å². The lowest BCUT2D eigenvalue weighted by atomic mass is 9.81. The van der Waals surface area contributed by atoms with Gasteiger partial charge in [0.15, 0.2) is 0 Å². The summed E-state index contributed by atoms with van der Waals surface area (Å²) in [6, 6.07) is 14.4. The summed E-state index contributed by atoms with van der Waals surface area (Å²) < 4.78 is 10.9. The van der Waals surface area contributed by atoms with Crippen molar-refractivity contribution in [3.63, 3.8) is 0 Å². The van der Waals surface area contributed by atoms with Gasteiger partial charge in [-0.05, 0) is 73.7 Å². The number of likely N-dealkylation sites (N-methyl/N-ethyl adjacent to an activating group) is 1. The summed E-state index contributed by atoms with van der Waals surface area (Å²) in [6.45, 7) is 2.25. The molecule has 0 unspecified atom stereocenters. The second-order valence-corrected chi connectivity index (χ2v) is 8.35. The Morgan fingerprint density at radius 2 is 1.77 bits per heavy atom. The number of nitrogens with zero attached hydrogens (tertiary/aromatic N) is 2. The van der Waals surface area contributed by atoms with Crippen LogP contribution in [0.5, 0.6) is 11.5 Å². The number of likely N-dealkylation sites (tertiary alicyclic amines) is 1. The summed E-state index contributed by atoms with van der Waals surface area (Å²) in [5.74, 6) is 1.89. The molecule has 0 bridgehead atoms. The molecule has 0 radical (unpaired) electrons. The number of halogens is 1. The highest BCUT2D eigenvalue weighted by Gasteiger charge is 2.39. The third-order valence-electron chi connectivity index (χ3n) is 6.70. The first-order valence-electron chi connectivity index (χ1n) is 10.9. The molecule has 1 heterocycles. The molecule has 1 fully saturated rings. The Balaban J connectivity index is 0.00000272. The highest BCUT2D eigenvalue weighted by molar-refractivity contribution is 5.85. The summed E-state index contributed by atoms with van der Waals surface area (Å²) in [6.07, 6.45) is 4.94. The molecule has 2 aromatic rings. The lowest BCUT2D eigenvalue weighted by Gasteiger charge is -2.44. The first kappa shape index (κ1) is 23.4. The van der Waals surface area contributed by atoms with Crippen molar-refractivity contribution in [1.29, 1.82) is 0 Å². The molecule has 5 nitrogen and oxygen atoms in total. The quantitative estimate of drug-likeness (QED) is 0.667. The molecule has 2 aromatic carbocycles. The minimum absolute atomic E-state index is 0.